The van der Waals surface area contributed by atoms with Gasteiger partial charge < -0.3 is 24.5 Å². The molecule has 0 unspecified atom stereocenters. The van der Waals surface area contributed by atoms with Crippen molar-refractivity contribution in [1.29, 1.82) is 0 Å². The van der Waals surface area contributed by atoms with Gasteiger partial charge in [0.2, 0.25) is 0 Å². The maximum absolute atomic E-state index is 12.0. The highest BCUT2D eigenvalue weighted by atomic mass is 16.5. The molecule has 0 saturated carbocycles. The number of rotatable bonds is 8. The van der Waals surface area contributed by atoms with Crippen LogP contribution in [0.3, 0.4) is 0 Å². The molecule has 1 aromatic heterocycles. The summed E-state index contributed by atoms with van der Waals surface area (Å²) in [4.78, 5) is 30.9. The number of aryl methyl sites for hydroxylation is 1. The smallest absolute Gasteiger partial charge is 0.407 e. The van der Waals surface area contributed by atoms with Crippen molar-refractivity contribution in [3.8, 4) is 6.01 Å². The number of hydrogen-bond acceptors (Lipinski definition) is 7. The van der Waals surface area contributed by atoms with Gasteiger partial charge in [0, 0.05) is 42.3 Å². The molecule has 3 aromatic rings. The van der Waals surface area contributed by atoms with Gasteiger partial charge in [0.05, 0.1) is 24.3 Å². The third kappa shape index (κ3) is 5.37. The summed E-state index contributed by atoms with van der Waals surface area (Å²) in [5.41, 5.74) is 4.91. The first-order chi connectivity index (χ1) is 21.0. The van der Waals surface area contributed by atoms with E-state index in [0.717, 1.165) is 56.7 Å². The lowest BCUT2D eigenvalue weighted by atomic mass is 9.96. The number of likely N-dealkylation sites (tertiary alicyclic amines) is 1. The lowest BCUT2D eigenvalue weighted by Crippen LogP contribution is -2.56. The summed E-state index contributed by atoms with van der Waals surface area (Å²) in [6.45, 7) is 6.87. The first kappa shape index (κ1) is 28.2. The van der Waals surface area contributed by atoms with Crippen molar-refractivity contribution in [3.05, 3.63) is 53.2 Å². The number of aromatic nitrogens is 2. The lowest BCUT2D eigenvalue weighted by molar-refractivity contribution is 0.114. The average Bonchev–Trinajstić information content (AvgIpc) is 3.56. The zero-order valence-electron chi connectivity index (χ0n) is 25.5. The molecule has 0 aliphatic carbocycles. The normalized spacial score (nSPS) is 23.7. The van der Waals surface area contributed by atoms with Crippen LogP contribution in [0.25, 0.3) is 10.8 Å². The third-order valence-electron chi connectivity index (χ3n) is 10.2. The first-order valence-electron chi connectivity index (χ1n) is 16.2. The number of benzene rings is 2. The van der Waals surface area contributed by atoms with Gasteiger partial charge in [-0.2, -0.15) is 9.97 Å². The van der Waals surface area contributed by atoms with Gasteiger partial charge in [-0.3, -0.25) is 4.90 Å². The van der Waals surface area contributed by atoms with Gasteiger partial charge in [0.1, 0.15) is 12.4 Å². The topological polar surface area (TPSA) is 85.3 Å². The van der Waals surface area contributed by atoms with Crippen molar-refractivity contribution < 1.29 is 14.6 Å². The number of hydrogen-bond donors (Lipinski definition) is 1. The van der Waals surface area contributed by atoms with Gasteiger partial charge in [-0.05, 0) is 75.6 Å². The summed E-state index contributed by atoms with van der Waals surface area (Å²) in [7, 11) is 2.16. The summed E-state index contributed by atoms with van der Waals surface area (Å²) >= 11 is 0. The van der Waals surface area contributed by atoms with E-state index in [1.807, 2.05) is 0 Å². The molecule has 0 spiro atoms. The van der Waals surface area contributed by atoms with Crippen LogP contribution in [-0.4, -0.2) is 88.9 Å². The lowest BCUT2D eigenvalue weighted by Gasteiger charge is -2.41. The van der Waals surface area contributed by atoms with Crippen LogP contribution in [0.15, 0.2) is 36.4 Å². The van der Waals surface area contributed by atoms with E-state index >= 15 is 0 Å². The van der Waals surface area contributed by atoms with E-state index in [4.69, 9.17) is 14.7 Å². The molecule has 1 amide bonds. The molecule has 2 bridgehead atoms. The molecule has 0 radical (unpaired) electrons. The Labute approximate surface area is 254 Å². The van der Waals surface area contributed by atoms with Crippen LogP contribution >= 0.6 is 0 Å². The van der Waals surface area contributed by atoms with Crippen molar-refractivity contribution in [2.24, 2.45) is 0 Å². The number of ether oxygens (including phenoxy) is 1. The third-order valence-corrected chi connectivity index (χ3v) is 10.2. The molecule has 1 N–H and O–H groups in total. The number of amides is 1. The number of fused-ring (bicyclic) bond motifs is 4. The van der Waals surface area contributed by atoms with Gasteiger partial charge >= 0.3 is 12.1 Å². The highest BCUT2D eigenvalue weighted by Gasteiger charge is 2.44. The Morgan fingerprint density at radius 1 is 1.02 bits per heavy atom. The zero-order chi connectivity index (χ0) is 29.5. The summed E-state index contributed by atoms with van der Waals surface area (Å²) < 4.78 is 6.35. The van der Waals surface area contributed by atoms with Crippen LogP contribution in [0.2, 0.25) is 0 Å². The maximum Gasteiger partial charge on any atom is 0.407 e. The van der Waals surface area contributed by atoms with E-state index in [1.165, 1.54) is 46.8 Å². The van der Waals surface area contributed by atoms with Gasteiger partial charge in [0.25, 0.3) is 0 Å². The van der Waals surface area contributed by atoms with E-state index in [-0.39, 0.29) is 12.1 Å². The number of carbonyl (C=O) groups is 1. The minimum absolute atomic E-state index is 0.00989. The summed E-state index contributed by atoms with van der Waals surface area (Å²) in [5.74, 6) is 0.947. The van der Waals surface area contributed by atoms with Crippen LogP contribution in [0.5, 0.6) is 6.01 Å². The molecule has 4 aliphatic rings. The zero-order valence-corrected chi connectivity index (χ0v) is 25.5. The Hall–Kier alpha value is -3.59. The molecule has 9 heteroatoms. The van der Waals surface area contributed by atoms with Crippen molar-refractivity contribution in [2.75, 3.05) is 49.6 Å². The molecule has 4 aliphatic heterocycles. The molecule has 3 atom stereocenters. The predicted molar refractivity (Wildman–Crippen MR) is 169 cm³/mol. The fourth-order valence-electron chi connectivity index (χ4n) is 7.91. The van der Waals surface area contributed by atoms with E-state index in [9.17, 15) is 9.90 Å². The summed E-state index contributed by atoms with van der Waals surface area (Å²) in [5, 5.41) is 12.5. The minimum atomic E-state index is -0.800. The fourth-order valence-corrected chi connectivity index (χ4v) is 7.91. The Bertz CT molecular complexity index is 1480. The summed E-state index contributed by atoms with van der Waals surface area (Å²) in [6.07, 6.45) is 7.63. The highest BCUT2D eigenvalue weighted by molar-refractivity contribution is 5.97. The molecule has 3 saturated heterocycles. The second kappa shape index (κ2) is 11.8. The highest BCUT2D eigenvalue weighted by Crippen LogP contribution is 2.38. The van der Waals surface area contributed by atoms with E-state index in [1.54, 1.807) is 4.90 Å². The second-order valence-electron chi connectivity index (χ2n) is 12.9. The van der Waals surface area contributed by atoms with Crippen LogP contribution in [-0.2, 0) is 19.4 Å². The fraction of sp³-hybridized carbons (Fsp3) is 0.559. The Morgan fingerprint density at radius 3 is 2.53 bits per heavy atom. The number of anilines is 2. The first-order valence-corrected chi connectivity index (χ1v) is 16.2. The molecular weight excluding hydrogens is 540 g/mol. The van der Waals surface area contributed by atoms with Crippen LogP contribution in [0, 0.1) is 0 Å². The monoisotopic (exact) mass is 584 g/mol. The molecular formula is C34H44N6O3. The van der Waals surface area contributed by atoms with Crippen LogP contribution < -0.4 is 14.5 Å². The molecule has 5 heterocycles. The average molecular weight is 585 g/mol. The number of piperazine rings is 1. The van der Waals surface area contributed by atoms with Crippen molar-refractivity contribution in [1.82, 2.24) is 19.8 Å². The molecule has 9 nitrogen and oxygen atoms in total. The number of carboxylic acid groups (broad SMARTS) is 1. The van der Waals surface area contributed by atoms with Gasteiger partial charge in [0.15, 0.2) is 0 Å². The molecule has 7 rings (SSSR count). The molecule has 2 aromatic carbocycles. The second-order valence-corrected chi connectivity index (χ2v) is 12.9. The summed E-state index contributed by atoms with van der Waals surface area (Å²) in [6, 6.07) is 14.2. The molecule has 228 valence electrons. The number of likely N-dealkylation sites (N-methyl/N-ethyl adjacent to an activating group) is 1. The Kier molecular flexibility index (Phi) is 7.76. The standard InChI is InChI=1S/C34H44N6O3/c1-3-4-8-23-9-5-10-24-11-6-13-30(31(23)24)38-18-16-28-29(21-38)35-33(43-22-27-12-7-17-37(27)2)36-32(28)39-19-25-14-15-26(20-39)40(25)34(41)42/h5-6,9-11,13,25-27H,3-4,7-8,12,14-22H2,1-2H3,(H,41,42)/t25-,26+,27-/m0/s1. The van der Waals surface area contributed by atoms with Gasteiger partial charge in [-0.1, -0.05) is 43.7 Å². The van der Waals surface area contributed by atoms with Crippen LogP contribution in [0.1, 0.15) is 62.3 Å². The predicted octanol–water partition coefficient (Wildman–Crippen LogP) is 5.34. The maximum atomic E-state index is 12.0. The molecule has 43 heavy (non-hydrogen) atoms. The minimum Gasteiger partial charge on any atom is -0.465 e. The van der Waals surface area contributed by atoms with Crippen molar-refractivity contribution in [3.63, 3.8) is 0 Å². The largest absolute Gasteiger partial charge is 0.465 e. The van der Waals surface area contributed by atoms with Crippen LogP contribution in [0.4, 0.5) is 16.3 Å². The van der Waals surface area contributed by atoms with Gasteiger partial charge in [-0.25, -0.2) is 4.79 Å². The van der Waals surface area contributed by atoms with E-state index < -0.39 is 6.09 Å². The SMILES string of the molecule is CCCCc1cccc2cccc(N3CCc4c(nc(OC[C@@H]5CCCN5C)nc4N4C[C@H]5CC[C@@H](C4)N5C(=O)O)C3)c12. The van der Waals surface area contributed by atoms with E-state index in [2.05, 4.69) is 65.1 Å². The Morgan fingerprint density at radius 2 is 1.81 bits per heavy atom. The number of unbranched alkanes of at least 4 members (excludes halogenated alkanes) is 1. The van der Waals surface area contributed by atoms with Crippen molar-refractivity contribution in [2.45, 2.75) is 83.0 Å². The van der Waals surface area contributed by atoms with Crippen molar-refractivity contribution >= 4 is 28.4 Å². The van der Waals surface area contributed by atoms with Gasteiger partial charge in [-0.15, -0.1) is 0 Å². The number of nitrogens with zero attached hydrogens (tertiary/aromatic N) is 6. The quantitative estimate of drug-likeness (QED) is 0.380. The van der Waals surface area contributed by atoms with E-state index in [0.29, 0.717) is 38.3 Å². The Balaban J connectivity index is 1.22. The molecule has 3 fully saturated rings.